The number of hydrogen-bond acceptors (Lipinski definition) is 2. The molecule has 0 amide bonds. The average molecular weight is 266 g/mol. The van der Waals surface area contributed by atoms with Crippen molar-refractivity contribution in [2.45, 2.75) is 6.54 Å². The minimum Gasteiger partial charge on any atom is -0.508 e. The molecule has 0 bridgehead atoms. The van der Waals surface area contributed by atoms with E-state index in [0.717, 1.165) is 20.8 Å². The average Bonchev–Trinajstić information content (AvgIpc) is 2.22. The zero-order valence-corrected chi connectivity index (χ0v) is 10.0. The number of benzene rings is 2. The van der Waals surface area contributed by atoms with Gasteiger partial charge < -0.3 is 10.4 Å². The highest BCUT2D eigenvalue weighted by molar-refractivity contribution is 9.10. The third-order valence-electron chi connectivity index (χ3n) is 2.42. The van der Waals surface area contributed by atoms with Gasteiger partial charge in [-0.15, -0.1) is 0 Å². The van der Waals surface area contributed by atoms with Crippen molar-refractivity contribution in [2.75, 3.05) is 7.05 Å². The van der Waals surface area contributed by atoms with Gasteiger partial charge in [-0.1, -0.05) is 28.1 Å². The normalized spacial score (nSPS) is 10.8. The standard InChI is InChI=1S/C12H12BrNO/c1-14-7-11-10-4-3-9(13)6-8(10)2-5-12(11)15/h2-6,14-15H,7H2,1H3. The lowest BCUT2D eigenvalue weighted by molar-refractivity contribution is 0.467. The van der Waals surface area contributed by atoms with Crippen molar-refractivity contribution in [1.29, 1.82) is 0 Å². The highest BCUT2D eigenvalue weighted by Crippen LogP contribution is 2.28. The molecule has 0 atom stereocenters. The highest BCUT2D eigenvalue weighted by atomic mass is 79.9. The molecule has 0 fully saturated rings. The van der Waals surface area contributed by atoms with Gasteiger partial charge in [0.25, 0.3) is 0 Å². The molecule has 0 radical (unpaired) electrons. The topological polar surface area (TPSA) is 32.3 Å². The van der Waals surface area contributed by atoms with E-state index in [-0.39, 0.29) is 0 Å². The van der Waals surface area contributed by atoms with Gasteiger partial charge in [0.05, 0.1) is 0 Å². The van der Waals surface area contributed by atoms with Crippen LogP contribution >= 0.6 is 15.9 Å². The zero-order valence-electron chi connectivity index (χ0n) is 8.42. The van der Waals surface area contributed by atoms with Crippen LogP contribution in [0.15, 0.2) is 34.8 Å². The van der Waals surface area contributed by atoms with E-state index < -0.39 is 0 Å². The van der Waals surface area contributed by atoms with Crippen LogP contribution in [-0.2, 0) is 6.54 Å². The summed E-state index contributed by atoms with van der Waals surface area (Å²) in [4.78, 5) is 0. The van der Waals surface area contributed by atoms with E-state index in [9.17, 15) is 5.11 Å². The maximum atomic E-state index is 9.76. The van der Waals surface area contributed by atoms with Gasteiger partial charge in [-0.25, -0.2) is 0 Å². The molecular weight excluding hydrogens is 254 g/mol. The molecule has 3 heteroatoms. The molecule has 0 heterocycles. The maximum absolute atomic E-state index is 9.76. The maximum Gasteiger partial charge on any atom is 0.120 e. The molecule has 2 rings (SSSR count). The number of hydrogen-bond donors (Lipinski definition) is 2. The van der Waals surface area contributed by atoms with Gasteiger partial charge in [-0.05, 0) is 36.0 Å². The van der Waals surface area contributed by atoms with Crippen molar-refractivity contribution in [3.05, 3.63) is 40.4 Å². The fraction of sp³-hybridized carbons (Fsp3) is 0.167. The molecule has 2 N–H and O–H groups in total. The SMILES string of the molecule is CNCc1c(O)ccc2cc(Br)ccc12. The van der Waals surface area contributed by atoms with E-state index in [0.29, 0.717) is 12.3 Å². The molecule has 0 aliphatic rings. The van der Waals surface area contributed by atoms with Crippen molar-refractivity contribution in [1.82, 2.24) is 5.32 Å². The molecule has 15 heavy (non-hydrogen) atoms. The van der Waals surface area contributed by atoms with Crippen molar-refractivity contribution in [3.8, 4) is 5.75 Å². The Hall–Kier alpha value is -1.06. The molecule has 2 aromatic rings. The fourth-order valence-corrected chi connectivity index (χ4v) is 2.09. The molecule has 78 valence electrons. The predicted molar refractivity (Wildman–Crippen MR) is 66.1 cm³/mol. The van der Waals surface area contributed by atoms with Crippen LogP contribution in [0.1, 0.15) is 5.56 Å². The zero-order chi connectivity index (χ0) is 10.8. The third kappa shape index (κ3) is 1.98. The Bertz CT molecular complexity index is 496. The lowest BCUT2D eigenvalue weighted by Gasteiger charge is -2.08. The lowest BCUT2D eigenvalue weighted by Crippen LogP contribution is -2.05. The summed E-state index contributed by atoms with van der Waals surface area (Å²) in [7, 11) is 1.87. The monoisotopic (exact) mass is 265 g/mol. The summed E-state index contributed by atoms with van der Waals surface area (Å²) >= 11 is 3.44. The quantitative estimate of drug-likeness (QED) is 0.875. The van der Waals surface area contributed by atoms with E-state index >= 15 is 0 Å². The third-order valence-corrected chi connectivity index (χ3v) is 2.92. The number of halogens is 1. The predicted octanol–water partition coefficient (Wildman–Crippen LogP) is 3.03. The van der Waals surface area contributed by atoms with Crippen LogP contribution in [-0.4, -0.2) is 12.2 Å². The number of phenolic OH excluding ortho intramolecular Hbond substituents is 1. The Balaban J connectivity index is 2.70. The van der Waals surface area contributed by atoms with Gasteiger partial charge in [0.15, 0.2) is 0 Å². The van der Waals surface area contributed by atoms with Crippen LogP contribution < -0.4 is 5.32 Å². The number of phenols is 1. The molecule has 0 saturated carbocycles. The summed E-state index contributed by atoms with van der Waals surface area (Å²) in [5.41, 5.74) is 0.947. The Morgan fingerprint density at radius 1 is 1.27 bits per heavy atom. The number of nitrogens with one attached hydrogen (secondary N) is 1. The van der Waals surface area contributed by atoms with Gasteiger partial charge in [-0.3, -0.25) is 0 Å². The second kappa shape index (κ2) is 4.21. The van der Waals surface area contributed by atoms with Crippen molar-refractivity contribution >= 4 is 26.7 Å². The Morgan fingerprint density at radius 3 is 2.80 bits per heavy atom. The first-order valence-electron chi connectivity index (χ1n) is 4.77. The molecule has 0 aromatic heterocycles. The Labute approximate surface area is 97.1 Å². The summed E-state index contributed by atoms with van der Waals surface area (Å²) in [5, 5.41) is 15.0. The first kappa shape index (κ1) is 10.5. The summed E-state index contributed by atoms with van der Waals surface area (Å²) in [6, 6.07) is 9.72. The minimum absolute atomic E-state index is 0.346. The smallest absolute Gasteiger partial charge is 0.120 e. The van der Waals surface area contributed by atoms with Gasteiger partial charge in [0, 0.05) is 16.6 Å². The van der Waals surface area contributed by atoms with Crippen molar-refractivity contribution in [2.24, 2.45) is 0 Å². The largest absolute Gasteiger partial charge is 0.508 e. The molecule has 0 unspecified atom stereocenters. The van der Waals surface area contributed by atoms with Gasteiger partial charge in [0.2, 0.25) is 0 Å². The van der Waals surface area contributed by atoms with Crippen LogP contribution in [0.5, 0.6) is 5.75 Å². The fourth-order valence-electron chi connectivity index (χ4n) is 1.72. The summed E-state index contributed by atoms with van der Waals surface area (Å²) in [5.74, 6) is 0.346. The molecule has 2 aromatic carbocycles. The number of aromatic hydroxyl groups is 1. The van der Waals surface area contributed by atoms with E-state index in [1.54, 1.807) is 6.07 Å². The summed E-state index contributed by atoms with van der Waals surface area (Å²) in [6.45, 7) is 0.671. The Kier molecular flexibility index (Phi) is 2.93. The first-order valence-corrected chi connectivity index (χ1v) is 5.56. The van der Waals surface area contributed by atoms with Gasteiger partial charge in [0.1, 0.15) is 5.75 Å². The molecule has 2 nitrogen and oxygen atoms in total. The van der Waals surface area contributed by atoms with Gasteiger partial charge >= 0.3 is 0 Å². The summed E-state index contributed by atoms with van der Waals surface area (Å²) < 4.78 is 1.05. The van der Waals surface area contributed by atoms with Gasteiger partial charge in [-0.2, -0.15) is 0 Å². The van der Waals surface area contributed by atoms with Crippen LogP contribution in [0.25, 0.3) is 10.8 Å². The van der Waals surface area contributed by atoms with E-state index in [1.165, 1.54) is 0 Å². The molecular formula is C12H12BrNO. The first-order chi connectivity index (χ1) is 7.22. The number of fused-ring (bicyclic) bond motifs is 1. The van der Waals surface area contributed by atoms with Crippen LogP contribution in [0, 0.1) is 0 Å². The molecule has 0 saturated heterocycles. The van der Waals surface area contributed by atoms with Crippen molar-refractivity contribution in [3.63, 3.8) is 0 Å². The van der Waals surface area contributed by atoms with Crippen molar-refractivity contribution < 1.29 is 5.11 Å². The molecule has 0 aliphatic heterocycles. The van der Waals surface area contributed by atoms with Crippen LogP contribution in [0.3, 0.4) is 0 Å². The number of rotatable bonds is 2. The molecule has 0 spiro atoms. The lowest BCUT2D eigenvalue weighted by atomic mass is 10.0. The second-order valence-electron chi connectivity index (χ2n) is 3.46. The van der Waals surface area contributed by atoms with Crippen LogP contribution in [0.2, 0.25) is 0 Å². The summed E-state index contributed by atoms with van der Waals surface area (Å²) in [6.07, 6.45) is 0. The second-order valence-corrected chi connectivity index (χ2v) is 4.37. The van der Waals surface area contributed by atoms with E-state index in [2.05, 4.69) is 21.2 Å². The minimum atomic E-state index is 0.346. The van der Waals surface area contributed by atoms with E-state index in [4.69, 9.17) is 0 Å². The Morgan fingerprint density at radius 2 is 2.07 bits per heavy atom. The molecule has 0 aliphatic carbocycles. The van der Waals surface area contributed by atoms with E-state index in [1.807, 2.05) is 31.3 Å². The van der Waals surface area contributed by atoms with Crippen LogP contribution in [0.4, 0.5) is 0 Å². The highest BCUT2D eigenvalue weighted by Gasteiger charge is 2.05.